The number of nitrogens with zero attached hydrogens (tertiary/aromatic N) is 1. The van der Waals surface area contributed by atoms with E-state index in [0.29, 0.717) is 17.9 Å². The second-order valence-electron chi connectivity index (χ2n) is 5.46. The van der Waals surface area contributed by atoms with Crippen LogP contribution < -0.4 is 9.47 Å². The fraction of sp³-hybridized carbons (Fsp3) is 0.263. The lowest BCUT2D eigenvalue weighted by atomic mass is 10.1. The first-order valence-corrected chi connectivity index (χ1v) is 7.82. The van der Waals surface area contributed by atoms with Gasteiger partial charge in [-0.2, -0.15) is 0 Å². The number of amides is 1. The van der Waals surface area contributed by atoms with Crippen molar-refractivity contribution in [2.75, 3.05) is 26.8 Å². The van der Waals surface area contributed by atoms with Crippen molar-refractivity contribution in [2.45, 2.75) is 6.92 Å². The van der Waals surface area contributed by atoms with Gasteiger partial charge in [0, 0.05) is 12.6 Å². The van der Waals surface area contributed by atoms with E-state index < -0.39 is 5.82 Å². The van der Waals surface area contributed by atoms with Crippen molar-refractivity contribution in [1.82, 2.24) is 4.90 Å². The topological polar surface area (TPSA) is 55.8 Å². The van der Waals surface area contributed by atoms with Crippen LogP contribution in [0.4, 0.5) is 4.39 Å². The van der Waals surface area contributed by atoms with Gasteiger partial charge in [0.05, 0.1) is 6.54 Å². The number of carbonyl (C=O) groups is 2. The number of likely N-dealkylation sites (N-methyl/N-ethyl adjacent to an activating group) is 1. The molecule has 0 aliphatic carbocycles. The number of rotatable bonds is 8. The lowest BCUT2D eigenvalue weighted by molar-refractivity contribution is -0.132. The summed E-state index contributed by atoms with van der Waals surface area (Å²) in [4.78, 5) is 24.7. The van der Waals surface area contributed by atoms with Crippen LogP contribution in [0.25, 0.3) is 0 Å². The van der Waals surface area contributed by atoms with Crippen LogP contribution in [-0.2, 0) is 4.79 Å². The van der Waals surface area contributed by atoms with Crippen molar-refractivity contribution >= 4 is 11.7 Å². The molecule has 0 heterocycles. The third-order valence-electron chi connectivity index (χ3n) is 3.57. The highest BCUT2D eigenvalue weighted by molar-refractivity contribution is 5.94. The Hall–Kier alpha value is -2.89. The number of hydrogen-bond donors (Lipinski definition) is 0. The number of hydrogen-bond acceptors (Lipinski definition) is 4. The SMILES string of the molecule is CC(=O)c1ccc(OCC(=O)N(C)CCOc2ccccc2F)cc1. The minimum Gasteiger partial charge on any atom is -0.489 e. The van der Waals surface area contributed by atoms with Crippen LogP contribution in [0.5, 0.6) is 11.5 Å². The maximum absolute atomic E-state index is 13.4. The highest BCUT2D eigenvalue weighted by Gasteiger charge is 2.10. The maximum Gasteiger partial charge on any atom is 0.260 e. The number of carbonyl (C=O) groups excluding carboxylic acids is 2. The van der Waals surface area contributed by atoms with E-state index in [0.717, 1.165) is 0 Å². The zero-order valence-corrected chi connectivity index (χ0v) is 14.2. The number of benzene rings is 2. The summed E-state index contributed by atoms with van der Waals surface area (Å²) in [6.07, 6.45) is 0. The van der Waals surface area contributed by atoms with Crippen molar-refractivity contribution in [1.29, 1.82) is 0 Å². The normalized spacial score (nSPS) is 10.2. The maximum atomic E-state index is 13.4. The number of Topliss-reactive ketones (excluding diaryl/α,β-unsaturated/α-hetero) is 1. The molecule has 0 aliphatic rings. The Balaban J connectivity index is 1.74. The zero-order valence-electron chi connectivity index (χ0n) is 14.2. The van der Waals surface area contributed by atoms with Gasteiger partial charge in [-0.25, -0.2) is 4.39 Å². The average Bonchev–Trinajstić information content (AvgIpc) is 2.61. The summed E-state index contributed by atoms with van der Waals surface area (Å²) in [7, 11) is 1.62. The molecule has 2 rings (SSSR count). The van der Waals surface area contributed by atoms with Gasteiger partial charge >= 0.3 is 0 Å². The molecule has 0 unspecified atom stereocenters. The molecule has 0 fully saturated rings. The summed E-state index contributed by atoms with van der Waals surface area (Å²) in [5, 5.41) is 0. The molecular formula is C19H20FNO4. The first-order valence-electron chi connectivity index (χ1n) is 7.82. The molecule has 0 spiro atoms. The van der Waals surface area contributed by atoms with Crippen molar-refractivity contribution in [2.24, 2.45) is 0 Å². The summed E-state index contributed by atoms with van der Waals surface area (Å²) < 4.78 is 24.1. The minimum atomic E-state index is -0.436. The molecule has 2 aromatic rings. The van der Waals surface area contributed by atoms with Crippen molar-refractivity contribution in [3.63, 3.8) is 0 Å². The van der Waals surface area contributed by atoms with Crippen molar-refractivity contribution < 1.29 is 23.5 Å². The summed E-state index contributed by atoms with van der Waals surface area (Å²) in [5.74, 6) is -0.0293. The monoisotopic (exact) mass is 345 g/mol. The molecule has 0 N–H and O–H groups in total. The van der Waals surface area contributed by atoms with Crippen LogP contribution in [0.15, 0.2) is 48.5 Å². The van der Waals surface area contributed by atoms with Gasteiger partial charge in [-0.05, 0) is 43.3 Å². The predicted octanol–water partition coefficient (Wildman–Crippen LogP) is 2.94. The largest absolute Gasteiger partial charge is 0.489 e. The Morgan fingerprint density at radius 2 is 1.72 bits per heavy atom. The predicted molar refractivity (Wildman–Crippen MR) is 91.5 cm³/mol. The number of ether oxygens (including phenoxy) is 2. The Kier molecular flexibility index (Phi) is 6.51. The van der Waals surface area contributed by atoms with Crippen LogP contribution in [0, 0.1) is 5.82 Å². The van der Waals surface area contributed by atoms with Gasteiger partial charge in [0.25, 0.3) is 5.91 Å². The van der Waals surface area contributed by atoms with Crippen molar-refractivity contribution in [3.05, 3.63) is 59.9 Å². The lowest BCUT2D eigenvalue weighted by Crippen LogP contribution is -2.34. The average molecular weight is 345 g/mol. The Morgan fingerprint density at radius 1 is 1.04 bits per heavy atom. The van der Waals surface area contributed by atoms with E-state index in [4.69, 9.17) is 9.47 Å². The molecular weight excluding hydrogens is 325 g/mol. The molecule has 5 nitrogen and oxygen atoms in total. The molecule has 25 heavy (non-hydrogen) atoms. The van der Waals surface area contributed by atoms with Gasteiger partial charge in [0.2, 0.25) is 0 Å². The standard InChI is InChI=1S/C19H20FNO4/c1-14(22)15-7-9-16(10-8-15)25-13-19(23)21(2)11-12-24-18-6-4-3-5-17(18)20/h3-10H,11-13H2,1-2H3. The first-order chi connectivity index (χ1) is 12.0. The van der Waals surface area contributed by atoms with E-state index in [1.165, 1.54) is 24.0 Å². The van der Waals surface area contributed by atoms with Gasteiger partial charge in [-0.15, -0.1) is 0 Å². The molecule has 0 radical (unpaired) electrons. The van der Waals surface area contributed by atoms with E-state index in [9.17, 15) is 14.0 Å². The second kappa shape index (κ2) is 8.82. The summed E-state index contributed by atoms with van der Waals surface area (Å²) >= 11 is 0. The molecule has 0 aromatic heterocycles. The van der Waals surface area contributed by atoms with Crippen molar-refractivity contribution in [3.8, 4) is 11.5 Å². The second-order valence-corrected chi connectivity index (χ2v) is 5.46. The van der Waals surface area contributed by atoms with E-state index >= 15 is 0 Å². The third kappa shape index (κ3) is 5.60. The van der Waals surface area contributed by atoms with E-state index in [-0.39, 0.29) is 30.7 Å². The fourth-order valence-electron chi connectivity index (χ4n) is 2.02. The molecule has 1 amide bonds. The van der Waals surface area contributed by atoms with Crippen LogP contribution in [-0.4, -0.2) is 43.4 Å². The molecule has 0 atom stereocenters. The van der Waals surface area contributed by atoms with Gasteiger partial charge in [-0.3, -0.25) is 9.59 Å². The van der Waals surface area contributed by atoms with Crippen LogP contribution in [0.3, 0.4) is 0 Å². The molecule has 6 heteroatoms. The van der Waals surface area contributed by atoms with Crippen LogP contribution >= 0.6 is 0 Å². The molecule has 0 bridgehead atoms. The Labute approximate surface area is 146 Å². The first kappa shape index (κ1) is 18.4. The van der Waals surface area contributed by atoms with Crippen LogP contribution in [0.1, 0.15) is 17.3 Å². The van der Waals surface area contributed by atoms with E-state index in [1.807, 2.05) is 0 Å². The lowest BCUT2D eigenvalue weighted by Gasteiger charge is -2.18. The number of para-hydroxylation sites is 1. The highest BCUT2D eigenvalue weighted by Crippen LogP contribution is 2.15. The Bertz CT molecular complexity index is 730. The minimum absolute atomic E-state index is 0.0304. The summed E-state index contributed by atoms with van der Waals surface area (Å²) in [6, 6.07) is 12.7. The van der Waals surface area contributed by atoms with E-state index in [1.54, 1.807) is 43.4 Å². The van der Waals surface area contributed by atoms with Gasteiger partial charge < -0.3 is 14.4 Å². The van der Waals surface area contributed by atoms with Gasteiger partial charge in [0.15, 0.2) is 24.0 Å². The molecule has 2 aromatic carbocycles. The van der Waals surface area contributed by atoms with Crippen LogP contribution in [0.2, 0.25) is 0 Å². The molecule has 0 saturated carbocycles. The van der Waals surface area contributed by atoms with Gasteiger partial charge in [0.1, 0.15) is 12.4 Å². The molecule has 0 aliphatic heterocycles. The summed E-state index contributed by atoms with van der Waals surface area (Å²) in [5.41, 5.74) is 0.584. The highest BCUT2D eigenvalue weighted by atomic mass is 19.1. The van der Waals surface area contributed by atoms with E-state index in [2.05, 4.69) is 0 Å². The Morgan fingerprint density at radius 3 is 2.36 bits per heavy atom. The van der Waals surface area contributed by atoms with Gasteiger partial charge in [-0.1, -0.05) is 12.1 Å². The third-order valence-corrected chi connectivity index (χ3v) is 3.57. The summed E-state index contributed by atoms with van der Waals surface area (Å²) in [6.45, 7) is 1.84. The zero-order chi connectivity index (χ0) is 18.2. The number of ketones is 1. The molecule has 132 valence electrons. The smallest absolute Gasteiger partial charge is 0.260 e. The fourth-order valence-corrected chi connectivity index (χ4v) is 2.02. The number of halogens is 1. The molecule has 0 saturated heterocycles. The quantitative estimate of drug-likeness (QED) is 0.690.